The van der Waals surface area contributed by atoms with E-state index in [2.05, 4.69) is 0 Å². The third-order valence-electron chi connectivity index (χ3n) is 1.64. The number of ether oxygens (including phenoxy) is 1. The number of hydrogen-bond donors (Lipinski definition) is 1. The highest BCUT2D eigenvalue weighted by Gasteiger charge is 2.05. The highest BCUT2D eigenvalue weighted by molar-refractivity contribution is 7.79. The quantitative estimate of drug-likeness (QED) is 0.710. The Labute approximate surface area is 76.8 Å². The lowest BCUT2D eigenvalue weighted by Gasteiger charge is -2.06. The Balaban J connectivity index is 3.28. The second-order valence-corrected chi connectivity index (χ2v) is 2.74. The molecule has 0 spiro atoms. The molecular formula is C9H10O2S. The van der Waals surface area contributed by atoms with Gasteiger partial charge in [0.1, 0.15) is 0 Å². The van der Waals surface area contributed by atoms with E-state index < -0.39 is 0 Å². The minimum atomic E-state index is 0.179. The van der Waals surface area contributed by atoms with Crippen LogP contribution in [0.1, 0.15) is 11.1 Å². The van der Waals surface area contributed by atoms with Gasteiger partial charge in [0.05, 0.1) is 7.11 Å². The molecule has 1 N–H and O–H groups in total. The molecule has 12 heavy (non-hydrogen) atoms. The molecule has 0 radical (unpaired) electrons. The molecule has 0 atom stereocenters. The van der Waals surface area contributed by atoms with E-state index in [1.54, 1.807) is 18.4 Å². The van der Waals surface area contributed by atoms with Crippen molar-refractivity contribution in [2.45, 2.75) is 6.92 Å². The fourth-order valence-electron chi connectivity index (χ4n) is 0.998. The molecule has 0 amide bonds. The molecule has 1 aromatic rings. The summed E-state index contributed by atoms with van der Waals surface area (Å²) in [6, 6.07) is 3.51. The summed E-state index contributed by atoms with van der Waals surface area (Å²) >= 11 is 4.77. The first kappa shape index (κ1) is 9.00. The predicted octanol–water partition coefficient (Wildman–Crippen LogP) is 2.06. The van der Waals surface area contributed by atoms with Crippen LogP contribution in [0.3, 0.4) is 0 Å². The van der Waals surface area contributed by atoms with Crippen molar-refractivity contribution in [2.24, 2.45) is 0 Å². The molecule has 2 nitrogen and oxygen atoms in total. The maximum Gasteiger partial charge on any atom is 0.161 e. The van der Waals surface area contributed by atoms with E-state index in [0.29, 0.717) is 5.75 Å². The number of aromatic hydroxyl groups is 1. The van der Waals surface area contributed by atoms with Crippen molar-refractivity contribution in [2.75, 3.05) is 7.11 Å². The van der Waals surface area contributed by atoms with E-state index in [0.717, 1.165) is 11.1 Å². The van der Waals surface area contributed by atoms with Crippen molar-refractivity contribution < 1.29 is 9.84 Å². The molecule has 1 aromatic carbocycles. The van der Waals surface area contributed by atoms with Gasteiger partial charge in [-0.1, -0.05) is 12.2 Å². The van der Waals surface area contributed by atoms with Crippen molar-refractivity contribution in [3.8, 4) is 11.5 Å². The van der Waals surface area contributed by atoms with Crippen molar-refractivity contribution >= 4 is 17.6 Å². The molecule has 1 rings (SSSR count). The lowest BCUT2D eigenvalue weighted by Crippen LogP contribution is -1.89. The van der Waals surface area contributed by atoms with Gasteiger partial charge in [-0.2, -0.15) is 0 Å². The maximum atomic E-state index is 9.44. The van der Waals surface area contributed by atoms with Crippen LogP contribution < -0.4 is 4.74 Å². The Morgan fingerprint density at radius 3 is 2.67 bits per heavy atom. The van der Waals surface area contributed by atoms with Gasteiger partial charge in [0.15, 0.2) is 11.5 Å². The highest BCUT2D eigenvalue weighted by atomic mass is 32.1. The Hall–Kier alpha value is -1.09. The topological polar surface area (TPSA) is 29.5 Å². The summed E-state index contributed by atoms with van der Waals surface area (Å²) in [6.07, 6.45) is 0. The van der Waals surface area contributed by atoms with Crippen LogP contribution in [0.2, 0.25) is 0 Å². The smallest absolute Gasteiger partial charge is 0.161 e. The van der Waals surface area contributed by atoms with Crippen LogP contribution in [0, 0.1) is 6.92 Å². The van der Waals surface area contributed by atoms with E-state index >= 15 is 0 Å². The number of methoxy groups -OCH3 is 1. The SMILES string of the molecule is COc1cc(C=S)cc(C)c1O. The molecule has 0 aliphatic carbocycles. The van der Waals surface area contributed by atoms with Gasteiger partial charge in [0, 0.05) is 5.37 Å². The fourth-order valence-corrected chi connectivity index (χ4v) is 1.13. The minimum Gasteiger partial charge on any atom is -0.504 e. The van der Waals surface area contributed by atoms with Gasteiger partial charge in [0.2, 0.25) is 0 Å². The van der Waals surface area contributed by atoms with Crippen LogP contribution in [-0.2, 0) is 0 Å². The molecule has 64 valence electrons. The molecule has 0 heterocycles. The zero-order valence-electron chi connectivity index (χ0n) is 7.00. The zero-order chi connectivity index (χ0) is 9.14. The first-order valence-electron chi connectivity index (χ1n) is 3.52. The van der Waals surface area contributed by atoms with E-state index in [4.69, 9.17) is 17.0 Å². The van der Waals surface area contributed by atoms with Crippen LogP contribution >= 0.6 is 12.2 Å². The summed E-state index contributed by atoms with van der Waals surface area (Å²) < 4.78 is 4.95. The summed E-state index contributed by atoms with van der Waals surface area (Å²) in [5.74, 6) is 0.643. The number of phenolic OH excluding ortho intramolecular Hbond substituents is 1. The molecule has 0 aromatic heterocycles. The molecular weight excluding hydrogens is 172 g/mol. The summed E-state index contributed by atoms with van der Waals surface area (Å²) in [6.45, 7) is 1.81. The first-order valence-corrected chi connectivity index (χ1v) is 3.99. The number of aryl methyl sites for hydroxylation is 1. The second-order valence-electron chi connectivity index (χ2n) is 2.51. The number of phenols is 1. The van der Waals surface area contributed by atoms with Crippen molar-refractivity contribution in [3.63, 3.8) is 0 Å². The Morgan fingerprint density at radius 1 is 1.50 bits per heavy atom. The highest BCUT2D eigenvalue weighted by Crippen LogP contribution is 2.30. The van der Waals surface area contributed by atoms with Gasteiger partial charge in [-0.15, -0.1) is 0 Å². The van der Waals surface area contributed by atoms with E-state index in [1.165, 1.54) is 7.11 Å². The minimum absolute atomic E-state index is 0.179. The van der Waals surface area contributed by atoms with Gasteiger partial charge >= 0.3 is 0 Å². The Kier molecular flexibility index (Phi) is 2.65. The summed E-state index contributed by atoms with van der Waals surface area (Å²) in [5, 5.41) is 11.0. The predicted molar refractivity (Wildman–Crippen MR) is 52.2 cm³/mol. The molecule has 0 unspecified atom stereocenters. The summed E-state index contributed by atoms with van der Waals surface area (Å²) in [4.78, 5) is 0. The average molecular weight is 182 g/mol. The Bertz CT molecular complexity index is 308. The third-order valence-corrected chi connectivity index (χ3v) is 1.92. The normalized spacial score (nSPS) is 9.50. The molecule has 0 aliphatic rings. The number of thiocarbonyl (C=S) groups is 1. The van der Waals surface area contributed by atoms with Crippen LogP contribution in [0.4, 0.5) is 0 Å². The van der Waals surface area contributed by atoms with Crippen LogP contribution in [-0.4, -0.2) is 17.6 Å². The molecule has 3 heteroatoms. The Morgan fingerprint density at radius 2 is 2.17 bits per heavy atom. The molecule has 0 aliphatic heterocycles. The van der Waals surface area contributed by atoms with Gasteiger partial charge in [-0.25, -0.2) is 0 Å². The lowest BCUT2D eigenvalue weighted by atomic mass is 10.1. The average Bonchev–Trinajstić information content (AvgIpc) is 2.09. The number of hydrogen-bond acceptors (Lipinski definition) is 3. The summed E-state index contributed by atoms with van der Waals surface area (Å²) in [7, 11) is 1.52. The van der Waals surface area contributed by atoms with Crippen LogP contribution in [0.25, 0.3) is 0 Å². The van der Waals surface area contributed by atoms with Gasteiger partial charge < -0.3 is 9.84 Å². The van der Waals surface area contributed by atoms with E-state index in [1.807, 2.05) is 6.07 Å². The van der Waals surface area contributed by atoms with Gasteiger partial charge in [-0.3, -0.25) is 0 Å². The lowest BCUT2D eigenvalue weighted by molar-refractivity contribution is 0.371. The fraction of sp³-hybridized carbons (Fsp3) is 0.222. The van der Waals surface area contributed by atoms with Gasteiger partial charge in [-0.05, 0) is 30.2 Å². The van der Waals surface area contributed by atoms with E-state index in [9.17, 15) is 5.11 Å². The third kappa shape index (κ3) is 1.56. The molecule has 0 fully saturated rings. The molecule has 0 saturated heterocycles. The zero-order valence-corrected chi connectivity index (χ0v) is 7.81. The first-order chi connectivity index (χ1) is 5.69. The van der Waals surface area contributed by atoms with E-state index in [-0.39, 0.29) is 5.75 Å². The largest absolute Gasteiger partial charge is 0.504 e. The van der Waals surface area contributed by atoms with Crippen molar-refractivity contribution in [1.29, 1.82) is 0 Å². The van der Waals surface area contributed by atoms with Gasteiger partial charge in [0.25, 0.3) is 0 Å². The second kappa shape index (κ2) is 3.54. The van der Waals surface area contributed by atoms with Crippen LogP contribution in [0.5, 0.6) is 11.5 Å². The number of benzene rings is 1. The van der Waals surface area contributed by atoms with Crippen molar-refractivity contribution in [1.82, 2.24) is 0 Å². The summed E-state index contributed by atoms with van der Waals surface area (Å²) in [5.41, 5.74) is 1.64. The van der Waals surface area contributed by atoms with Crippen molar-refractivity contribution in [3.05, 3.63) is 23.3 Å². The molecule has 0 bridgehead atoms. The number of rotatable bonds is 2. The van der Waals surface area contributed by atoms with Crippen LogP contribution in [0.15, 0.2) is 12.1 Å². The maximum absolute atomic E-state index is 9.44. The standard InChI is InChI=1S/C9H10O2S/c1-6-3-7(5-12)4-8(11-2)9(6)10/h3-5,10H,1-2H3. The molecule has 0 saturated carbocycles. The monoisotopic (exact) mass is 182 g/mol.